The Morgan fingerprint density at radius 2 is 1.63 bits per heavy atom. The lowest BCUT2D eigenvalue weighted by atomic mass is 9.63. The van der Waals surface area contributed by atoms with Gasteiger partial charge in [-0.3, -0.25) is 4.79 Å². The van der Waals surface area contributed by atoms with Crippen molar-refractivity contribution in [2.45, 2.75) is 35.5 Å². The number of hydrogen-bond donors (Lipinski definition) is 2. The molecule has 2 unspecified atom stereocenters. The van der Waals surface area contributed by atoms with Crippen molar-refractivity contribution in [2.24, 2.45) is 11.8 Å². The van der Waals surface area contributed by atoms with E-state index in [2.05, 4.69) is 5.32 Å². The fourth-order valence-corrected chi connectivity index (χ4v) is 6.66. The Hall–Kier alpha value is -2.10. The lowest BCUT2D eigenvalue weighted by Gasteiger charge is -2.49. The molecule has 160 valence electrons. The van der Waals surface area contributed by atoms with Crippen LogP contribution in [-0.4, -0.2) is 30.8 Å². The second kappa shape index (κ2) is 7.55. The van der Waals surface area contributed by atoms with E-state index in [1.54, 1.807) is 0 Å². The number of benzene rings is 2. The van der Waals surface area contributed by atoms with Crippen molar-refractivity contribution in [3.05, 3.63) is 58.4 Å². The predicted molar refractivity (Wildman–Crippen MR) is 104 cm³/mol. The third-order valence-electron chi connectivity index (χ3n) is 5.88. The highest BCUT2D eigenvalue weighted by atomic mass is 35.5. The molecule has 2 N–H and O–H groups in total. The highest BCUT2D eigenvalue weighted by Crippen LogP contribution is 2.49. The molecule has 10 heteroatoms. The first-order valence-corrected chi connectivity index (χ1v) is 11.2. The van der Waals surface area contributed by atoms with Crippen LogP contribution in [0.3, 0.4) is 0 Å². The van der Waals surface area contributed by atoms with Gasteiger partial charge in [0.1, 0.15) is 0 Å². The number of rotatable bonds is 4. The minimum atomic E-state index is -3.86. The molecular formula is C20H17ClF3NO4S. The number of carbonyl (C=O) groups is 1. The summed E-state index contributed by atoms with van der Waals surface area (Å²) in [6.45, 7) is 0. The molecule has 2 bridgehead atoms. The summed E-state index contributed by atoms with van der Waals surface area (Å²) in [6, 6.07) is 4.87. The summed E-state index contributed by atoms with van der Waals surface area (Å²) in [6.07, 6.45) is 0.969. The molecule has 0 spiro atoms. The number of hydrogen-bond acceptors (Lipinski definition) is 4. The van der Waals surface area contributed by atoms with Crippen molar-refractivity contribution in [1.82, 2.24) is 0 Å². The van der Waals surface area contributed by atoms with E-state index in [-0.39, 0.29) is 33.0 Å². The van der Waals surface area contributed by atoms with Crippen LogP contribution in [0.5, 0.6) is 0 Å². The zero-order valence-electron chi connectivity index (χ0n) is 15.4. The van der Waals surface area contributed by atoms with Crippen LogP contribution in [0.25, 0.3) is 0 Å². The predicted octanol–water partition coefficient (Wildman–Crippen LogP) is 3.94. The van der Waals surface area contributed by atoms with Crippen molar-refractivity contribution >= 4 is 33.0 Å². The van der Waals surface area contributed by atoms with E-state index < -0.39 is 44.5 Å². The topological polar surface area (TPSA) is 83.5 Å². The van der Waals surface area contributed by atoms with Gasteiger partial charge in [0.25, 0.3) is 5.91 Å². The summed E-state index contributed by atoms with van der Waals surface area (Å²) in [4.78, 5) is 12.3. The smallest absolute Gasteiger partial charge is 0.255 e. The second-order valence-corrected chi connectivity index (χ2v) is 10.3. The molecule has 0 saturated heterocycles. The summed E-state index contributed by atoms with van der Waals surface area (Å²) in [5, 5.41) is 11.3. The highest BCUT2D eigenvalue weighted by molar-refractivity contribution is 7.92. The van der Waals surface area contributed by atoms with Gasteiger partial charge in [-0.2, -0.15) is 0 Å². The molecule has 1 amide bonds. The first kappa shape index (κ1) is 21.1. The fraction of sp³-hybridized carbons (Fsp3) is 0.350. The number of anilines is 1. The molecule has 2 atom stereocenters. The SMILES string of the molecule is O=C(Nc1cc(F)c(F)c(F)c1)c1ccc(Cl)c(S(=O)(=O)C2CC3CC(C2)C3O)c1. The van der Waals surface area contributed by atoms with Crippen LogP contribution in [0, 0.1) is 29.3 Å². The summed E-state index contributed by atoms with van der Waals surface area (Å²) in [7, 11) is -3.86. The molecule has 2 aromatic rings. The van der Waals surface area contributed by atoms with Crippen molar-refractivity contribution in [3.8, 4) is 0 Å². The molecule has 5 rings (SSSR count). The molecule has 0 aromatic heterocycles. The van der Waals surface area contributed by atoms with E-state index >= 15 is 0 Å². The minimum absolute atomic E-state index is 0.0507. The Morgan fingerprint density at radius 3 is 2.20 bits per heavy atom. The number of halogens is 4. The van der Waals surface area contributed by atoms with Gasteiger partial charge in [-0.25, -0.2) is 21.6 Å². The zero-order valence-corrected chi connectivity index (χ0v) is 17.0. The molecule has 0 radical (unpaired) electrons. The lowest BCUT2D eigenvalue weighted by Crippen LogP contribution is -2.51. The van der Waals surface area contributed by atoms with Crippen LogP contribution >= 0.6 is 11.6 Å². The summed E-state index contributed by atoms with van der Waals surface area (Å²) in [5.74, 6) is -5.56. The van der Waals surface area contributed by atoms with Crippen LogP contribution in [-0.2, 0) is 9.84 Å². The summed E-state index contributed by atoms with van der Waals surface area (Å²) >= 11 is 6.10. The van der Waals surface area contributed by atoms with Crippen molar-refractivity contribution in [1.29, 1.82) is 0 Å². The van der Waals surface area contributed by atoms with Gasteiger partial charge in [0.05, 0.1) is 21.3 Å². The average Bonchev–Trinajstić information content (AvgIpc) is 2.71. The molecular weight excluding hydrogens is 443 g/mol. The first-order valence-electron chi connectivity index (χ1n) is 9.25. The number of aliphatic hydroxyl groups is 1. The van der Waals surface area contributed by atoms with Gasteiger partial charge >= 0.3 is 0 Å². The number of sulfone groups is 1. The number of carbonyl (C=O) groups excluding carboxylic acids is 1. The average molecular weight is 460 g/mol. The van der Waals surface area contributed by atoms with Gasteiger partial charge in [-0.05, 0) is 49.3 Å². The number of nitrogens with one attached hydrogen (secondary N) is 1. The Bertz CT molecular complexity index is 1110. The molecule has 30 heavy (non-hydrogen) atoms. The van der Waals surface area contributed by atoms with Crippen molar-refractivity contribution < 1.29 is 31.5 Å². The van der Waals surface area contributed by atoms with Gasteiger partial charge < -0.3 is 10.4 Å². The molecule has 3 fully saturated rings. The Kier molecular flexibility index (Phi) is 5.32. The van der Waals surface area contributed by atoms with Crippen LogP contribution in [0.4, 0.5) is 18.9 Å². The standard InChI is InChI=1S/C20H17ClF3NO4S/c21-14-2-1-9(20(27)25-12-7-15(22)18(24)16(23)8-12)6-17(14)30(28,29)13-4-10-3-11(5-13)19(10)26/h1-2,6-8,10-11,13,19,26H,3-5H2,(H,25,27). The molecule has 3 saturated carbocycles. The first-order chi connectivity index (χ1) is 14.1. The van der Waals surface area contributed by atoms with E-state index in [9.17, 15) is 31.5 Å². The fourth-order valence-electron chi connectivity index (χ4n) is 4.23. The molecule has 0 aliphatic heterocycles. The minimum Gasteiger partial charge on any atom is -0.393 e. The van der Waals surface area contributed by atoms with E-state index in [1.165, 1.54) is 12.1 Å². The third kappa shape index (κ3) is 3.59. The summed E-state index contributed by atoms with van der Waals surface area (Å²) in [5.41, 5.74) is -0.416. The van der Waals surface area contributed by atoms with Crippen LogP contribution in [0.1, 0.15) is 29.6 Å². The van der Waals surface area contributed by atoms with E-state index in [1.807, 2.05) is 0 Å². The van der Waals surface area contributed by atoms with Gasteiger partial charge in [-0.1, -0.05) is 11.6 Å². The molecule has 0 heterocycles. The van der Waals surface area contributed by atoms with Crippen LogP contribution < -0.4 is 5.32 Å². The highest BCUT2D eigenvalue weighted by Gasteiger charge is 2.50. The monoisotopic (exact) mass is 459 g/mol. The number of amides is 1. The maximum atomic E-state index is 13.4. The van der Waals surface area contributed by atoms with Gasteiger partial charge in [0.2, 0.25) is 0 Å². The van der Waals surface area contributed by atoms with Gasteiger partial charge in [0.15, 0.2) is 27.3 Å². The Morgan fingerprint density at radius 1 is 1.03 bits per heavy atom. The van der Waals surface area contributed by atoms with Crippen molar-refractivity contribution in [3.63, 3.8) is 0 Å². The largest absolute Gasteiger partial charge is 0.393 e. The normalized spacial score (nSPS) is 25.5. The maximum absolute atomic E-state index is 13.4. The van der Waals surface area contributed by atoms with E-state index in [0.717, 1.165) is 12.5 Å². The van der Waals surface area contributed by atoms with Gasteiger partial charge in [0, 0.05) is 23.4 Å². The van der Waals surface area contributed by atoms with Crippen LogP contribution in [0.2, 0.25) is 5.02 Å². The van der Waals surface area contributed by atoms with E-state index in [0.29, 0.717) is 25.0 Å². The Labute approximate surface area is 175 Å². The molecule has 2 aromatic carbocycles. The molecule has 3 aliphatic carbocycles. The number of aliphatic hydroxyl groups excluding tert-OH is 1. The second-order valence-electron chi connectivity index (χ2n) is 7.74. The lowest BCUT2D eigenvalue weighted by molar-refractivity contribution is -0.0733. The molecule has 5 nitrogen and oxygen atoms in total. The quantitative estimate of drug-likeness (QED) is 0.678. The zero-order chi connectivity index (χ0) is 21.8. The van der Waals surface area contributed by atoms with Crippen molar-refractivity contribution in [2.75, 3.05) is 5.32 Å². The third-order valence-corrected chi connectivity index (χ3v) is 8.54. The van der Waals surface area contributed by atoms with E-state index in [4.69, 9.17) is 11.6 Å². The molecule has 3 aliphatic rings. The maximum Gasteiger partial charge on any atom is 0.255 e. The van der Waals surface area contributed by atoms with Gasteiger partial charge in [-0.15, -0.1) is 0 Å². The number of fused-ring (bicyclic) bond motifs is 2. The summed E-state index contributed by atoms with van der Waals surface area (Å²) < 4.78 is 66.0. The Balaban J connectivity index is 1.59. The van der Waals surface area contributed by atoms with Crippen LogP contribution in [0.15, 0.2) is 35.2 Å².